The molecule has 0 heterocycles. The summed E-state index contributed by atoms with van der Waals surface area (Å²) in [6.07, 6.45) is 1.09. The molecule has 0 atom stereocenters. The van der Waals surface area contributed by atoms with E-state index in [0.717, 1.165) is 38.5 Å². The molecule has 17 heavy (non-hydrogen) atoms. The second kappa shape index (κ2) is 6.56. The van der Waals surface area contributed by atoms with Gasteiger partial charge in [0.2, 0.25) is 0 Å². The van der Waals surface area contributed by atoms with Crippen LogP contribution < -0.4 is 5.32 Å². The molecule has 0 amide bonds. The van der Waals surface area contributed by atoms with Gasteiger partial charge >= 0.3 is 6.36 Å². The van der Waals surface area contributed by atoms with Crippen molar-refractivity contribution in [2.45, 2.75) is 50.5 Å². The number of rotatable bonds is 5. The number of alkyl halides is 3. The van der Waals surface area contributed by atoms with Crippen LogP contribution in [0.25, 0.3) is 0 Å². The molecule has 1 rings (SSSR count). The maximum atomic E-state index is 11.7. The van der Waals surface area contributed by atoms with Gasteiger partial charge in [0.25, 0.3) is 0 Å². The van der Waals surface area contributed by atoms with Crippen LogP contribution in [0.3, 0.4) is 0 Å². The summed E-state index contributed by atoms with van der Waals surface area (Å²) in [7, 11) is 0. The van der Waals surface area contributed by atoms with Crippen molar-refractivity contribution >= 4 is 0 Å². The molecule has 0 bridgehead atoms. The lowest BCUT2D eigenvalue weighted by Crippen LogP contribution is -2.41. The van der Waals surface area contributed by atoms with Crippen LogP contribution in [0.1, 0.15) is 38.5 Å². The average Bonchev–Trinajstić information content (AvgIpc) is 2.41. The van der Waals surface area contributed by atoms with Crippen molar-refractivity contribution in [3.05, 3.63) is 0 Å². The molecule has 3 nitrogen and oxygen atoms in total. The van der Waals surface area contributed by atoms with E-state index >= 15 is 0 Å². The Balaban J connectivity index is 2.12. The van der Waals surface area contributed by atoms with Gasteiger partial charge in [-0.3, -0.25) is 4.74 Å². The third-order valence-corrected chi connectivity index (χ3v) is 3.03. The van der Waals surface area contributed by atoms with Gasteiger partial charge in [-0.15, -0.1) is 13.2 Å². The van der Waals surface area contributed by atoms with Gasteiger partial charge in [0.15, 0.2) is 0 Å². The van der Waals surface area contributed by atoms with Crippen molar-refractivity contribution < 1.29 is 23.0 Å². The zero-order valence-electron chi connectivity index (χ0n) is 9.85. The smallest absolute Gasteiger partial charge is 0.389 e. The fourth-order valence-corrected chi connectivity index (χ4v) is 2.12. The van der Waals surface area contributed by atoms with Crippen molar-refractivity contribution in [1.29, 1.82) is 0 Å². The Hall–Kier alpha value is -0.330. The molecule has 0 aromatic heterocycles. The number of ether oxygens (including phenoxy) is 1. The van der Waals surface area contributed by atoms with Gasteiger partial charge in [0.1, 0.15) is 0 Å². The molecular weight excluding hydrogens is 235 g/mol. The molecule has 0 radical (unpaired) electrons. The van der Waals surface area contributed by atoms with E-state index in [1.165, 1.54) is 0 Å². The largest absolute Gasteiger partial charge is 0.522 e. The third-order valence-electron chi connectivity index (χ3n) is 3.03. The molecule has 1 saturated carbocycles. The maximum absolute atomic E-state index is 11.7. The van der Waals surface area contributed by atoms with Gasteiger partial charge < -0.3 is 10.4 Å². The SMILES string of the molecule is OC1(CNCCOC(F)(F)F)CCCCCC1. The predicted molar refractivity (Wildman–Crippen MR) is 57.5 cm³/mol. The third kappa shape index (κ3) is 6.85. The first kappa shape index (κ1) is 14.7. The van der Waals surface area contributed by atoms with Gasteiger partial charge in [0, 0.05) is 13.1 Å². The van der Waals surface area contributed by atoms with Crippen molar-refractivity contribution in [2.24, 2.45) is 0 Å². The second-order valence-corrected chi connectivity index (χ2v) is 4.61. The molecular formula is C11H20F3NO2. The predicted octanol–water partition coefficient (Wildman–Crippen LogP) is 2.20. The highest BCUT2D eigenvalue weighted by atomic mass is 19.4. The lowest BCUT2D eigenvalue weighted by molar-refractivity contribution is -0.323. The van der Waals surface area contributed by atoms with Crippen LogP contribution in [-0.4, -0.2) is 36.8 Å². The van der Waals surface area contributed by atoms with Crippen LogP contribution in [-0.2, 0) is 4.74 Å². The highest BCUT2D eigenvalue weighted by molar-refractivity contribution is 4.83. The highest BCUT2D eigenvalue weighted by Crippen LogP contribution is 2.26. The molecule has 1 aliphatic carbocycles. The Labute approximate surface area is 99.3 Å². The summed E-state index contributed by atoms with van der Waals surface area (Å²) in [5.41, 5.74) is -0.755. The summed E-state index contributed by atoms with van der Waals surface area (Å²) >= 11 is 0. The topological polar surface area (TPSA) is 41.5 Å². The molecule has 0 unspecified atom stereocenters. The monoisotopic (exact) mass is 255 g/mol. The molecule has 102 valence electrons. The molecule has 1 aliphatic rings. The molecule has 0 aromatic rings. The number of aliphatic hydroxyl groups is 1. The average molecular weight is 255 g/mol. The zero-order chi connectivity index (χ0) is 12.8. The Morgan fingerprint density at radius 1 is 1.12 bits per heavy atom. The van der Waals surface area contributed by atoms with Crippen molar-refractivity contribution in [3.8, 4) is 0 Å². The second-order valence-electron chi connectivity index (χ2n) is 4.61. The minimum atomic E-state index is -4.57. The van der Waals surface area contributed by atoms with Crippen molar-refractivity contribution in [3.63, 3.8) is 0 Å². The zero-order valence-corrected chi connectivity index (χ0v) is 9.85. The lowest BCUT2D eigenvalue weighted by atomic mass is 9.94. The molecule has 2 N–H and O–H groups in total. The first-order valence-electron chi connectivity index (χ1n) is 6.05. The Bertz CT molecular complexity index is 213. The van der Waals surface area contributed by atoms with Crippen LogP contribution in [0.2, 0.25) is 0 Å². The Morgan fingerprint density at radius 2 is 1.71 bits per heavy atom. The number of hydrogen-bond acceptors (Lipinski definition) is 3. The van der Waals surface area contributed by atoms with Crippen LogP contribution in [0.4, 0.5) is 13.2 Å². The summed E-state index contributed by atoms with van der Waals surface area (Å²) < 4.78 is 38.6. The van der Waals surface area contributed by atoms with Gasteiger partial charge in [-0.1, -0.05) is 25.7 Å². The first-order chi connectivity index (χ1) is 7.91. The van der Waals surface area contributed by atoms with Crippen LogP contribution in [0, 0.1) is 0 Å². The first-order valence-corrected chi connectivity index (χ1v) is 6.05. The highest BCUT2D eigenvalue weighted by Gasteiger charge is 2.29. The van der Waals surface area contributed by atoms with Crippen LogP contribution in [0.5, 0.6) is 0 Å². The summed E-state index contributed by atoms with van der Waals surface area (Å²) in [6, 6.07) is 0. The summed E-state index contributed by atoms with van der Waals surface area (Å²) in [4.78, 5) is 0. The van der Waals surface area contributed by atoms with Gasteiger partial charge in [-0.05, 0) is 12.8 Å². The summed E-state index contributed by atoms with van der Waals surface area (Å²) in [5.74, 6) is 0. The molecule has 6 heteroatoms. The van der Waals surface area contributed by atoms with Crippen LogP contribution in [0.15, 0.2) is 0 Å². The lowest BCUT2D eigenvalue weighted by Gasteiger charge is -2.26. The van der Waals surface area contributed by atoms with Crippen molar-refractivity contribution in [1.82, 2.24) is 5.32 Å². The number of nitrogens with one attached hydrogen (secondary N) is 1. The minimum absolute atomic E-state index is 0.0990. The molecule has 0 aromatic carbocycles. The minimum Gasteiger partial charge on any atom is -0.389 e. The fraction of sp³-hybridized carbons (Fsp3) is 1.00. The van der Waals surface area contributed by atoms with E-state index in [1.54, 1.807) is 0 Å². The summed E-state index contributed by atoms with van der Waals surface area (Å²) in [5, 5.41) is 13.0. The van der Waals surface area contributed by atoms with Crippen LogP contribution >= 0.6 is 0 Å². The van der Waals surface area contributed by atoms with E-state index in [-0.39, 0.29) is 6.54 Å². The summed E-state index contributed by atoms with van der Waals surface area (Å²) in [6.45, 7) is 0.0234. The van der Waals surface area contributed by atoms with Gasteiger partial charge in [-0.25, -0.2) is 0 Å². The fourth-order valence-electron chi connectivity index (χ4n) is 2.12. The molecule has 1 fully saturated rings. The normalized spacial score (nSPS) is 21.2. The Kier molecular flexibility index (Phi) is 5.69. The Morgan fingerprint density at radius 3 is 2.24 bits per heavy atom. The van der Waals surface area contributed by atoms with E-state index < -0.39 is 18.6 Å². The maximum Gasteiger partial charge on any atom is 0.522 e. The van der Waals surface area contributed by atoms with E-state index in [1.807, 2.05) is 0 Å². The van der Waals surface area contributed by atoms with E-state index in [0.29, 0.717) is 6.54 Å². The number of hydrogen-bond donors (Lipinski definition) is 2. The molecule has 0 saturated heterocycles. The molecule has 0 aliphatic heterocycles. The van der Waals surface area contributed by atoms with Crippen molar-refractivity contribution in [2.75, 3.05) is 19.7 Å². The quantitative estimate of drug-likeness (QED) is 0.584. The molecule has 0 spiro atoms. The van der Waals surface area contributed by atoms with E-state index in [4.69, 9.17) is 0 Å². The van der Waals surface area contributed by atoms with Gasteiger partial charge in [-0.2, -0.15) is 0 Å². The van der Waals surface area contributed by atoms with E-state index in [9.17, 15) is 18.3 Å². The number of halogens is 3. The standard InChI is InChI=1S/C11H20F3NO2/c12-11(13,14)17-8-7-15-9-10(16)5-3-1-2-4-6-10/h15-16H,1-9H2. The van der Waals surface area contributed by atoms with Gasteiger partial charge in [0.05, 0.1) is 12.2 Å². The van der Waals surface area contributed by atoms with E-state index in [2.05, 4.69) is 10.1 Å².